The number of carbonyl (C=O) groups is 1. The van der Waals surface area contributed by atoms with Crippen molar-refractivity contribution in [3.8, 4) is 6.07 Å². The van der Waals surface area contributed by atoms with Crippen molar-refractivity contribution in [2.75, 3.05) is 6.79 Å². The summed E-state index contributed by atoms with van der Waals surface area (Å²) in [4.78, 5) is 16.6. The summed E-state index contributed by atoms with van der Waals surface area (Å²) in [6, 6.07) is 20.1. The maximum absolute atomic E-state index is 11.7. The molecule has 2 aromatic carbocycles. The fourth-order valence-corrected chi connectivity index (χ4v) is 1.93. The third kappa shape index (κ3) is 4.68. The largest absolute Gasteiger partial charge is 0.422 e. The molecule has 0 N–H and O–H groups in total. The van der Waals surface area contributed by atoms with Crippen LogP contribution in [-0.2, 0) is 9.57 Å². The van der Waals surface area contributed by atoms with E-state index in [1.165, 1.54) is 0 Å². The number of oxime groups is 1. The van der Waals surface area contributed by atoms with Crippen LogP contribution in [0.15, 0.2) is 65.8 Å². The highest BCUT2D eigenvalue weighted by molar-refractivity contribution is 6.02. The van der Waals surface area contributed by atoms with Crippen molar-refractivity contribution in [1.82, 2.24) is 0 Å². The standard InChI is InChI=1S/C18H16N2O3/c1-14(15-8-4-2-5-9-15)17(12-19)20-23-13-22-18(21)16-10-6-3-7-11-16/h2-11,14H,13H2,1H3/b20-17+. The van der Waals surface area contributed by atoms with E-state index >= 15 is 0 Å². The predicted molar refractivity (Wildman–Crippen MR) is 85.7 cm³/mol. The van der Waals surface area contributed by atoms with Crippen molar-refractivity contribution >= 4 is 11.7 Å². The lowest BCUT2D eigenvalue weighted by atomic mass is 9.97. The molecule has 0 aliphatic rings. The first-order valence-corrected chi connectivity index (χ1v) is 7.09. The zero-order chi connectivity index (χ0) is 16.5. The van der Waals surface area contributed by atoms with Crippen molar-refractivity contribution in [1.29, 1.82) is 5.26 Å². The third-order valence-electron chi connectivity index (χ3n) is 3.24. The first kappa shape index (κ1) is 16.2. The smallest absolute Gasteiger partial charge is 0.341 e. The number of rotatable bonds is 6. The topological polar surface area (TPSA) is 71.7 Å². The van der Waals surface area contributed by atoms with Gasteiger partial charge in [-0.2, -0.15) is 5.26 Å². The van der Waals surface area contributed by atoms with Gasteiger partial charge >= 0.3 is 5.97 Å². The summed E-state index contributed by atoms with van der Waals surface area (Å²) in [7, 11) is 0. The second kappa shape index (κ2) is 8.35. The lowest BCUT2D eigenvalue weighted by Crippen LogP contribution is -2.10. The lowest BCUT2D eigenvalue weighted by molar-refractivity contribution is -0.0299. The minimum atomic E-state index is -0.504. The molecule has 2 aromatic rings. The van der Waals surface area contributed by atoms with E-state index in [9.17, 15) is 10.1 Å². The molecular formula is C18H16N2O3. The van der Waals surface area contributed by atoms with E-state index in [4.69, 9.17) is 9.57 Å². The maximum atomic E-state index is 11.7. The van der Waals surface area contributed by atoms with Crippen LogP contribution in [-0.4, -0.2) is 18.5 Å². The molecule has 0 radical (unpaired) electrons. The molecule has 0 saturated carbocycles. The number of benzene rings is 2. The number of ether oxygens (including phenoxy) is 1. The van der Waals surface area contributed by atoms with Gasteiger partial charge in [0.25, 0.3) is 6.79 Å². The summed E-state index contributed by atoms with van der Waals surface area (Å²) in [5, 5.41) is 12.9. The fraction of sp³-hybridized carbons (Fsp3) is 0.167. The minimum Gasteiger partial charge on any atom is -0.422 e. The van der Waals surface area contributed by atoms with Gasteiger partial charge in [0.05, 0.1) is 5.56 Å². The van der Waals surface area contributed by atoms with Gasteiger partial charge in [-0.15, -0.1) is 0 Å². The molecule has 5 nitrogen and oxygen atoms in total. The average molecular weight is 308 g/mol. The highest BCUT2D eigenvalue weighted by atomic mass is 16.8. The first-order chi connectivity index (χ1) is 11.2. The Bertz CT molecular complexity index is 706. The first-order valence-electron chi connectivity index (χ1n) is 7.09. The van der Waals surface area contributed by atoms with E-state index in [1.54, 1.807) is 24.3 Å². The minimum absolute atomic E-state index is 0.203. The number of hydrogen-bond acceptors (Lipinski definition) is 5. The molecule has 0 spiro atoms. The Labute approximate surface area is 134 Å². The van der Waals surface area contributed by atoms with Gasteiger partial charge in [-0.25, -0.2) is 4.79 Å². The Kier molecular flexibility index (Phi) is 5.89. The van der Waals surface area contributed by atoms with Crippen LogP contribution in [0.4, 0.5) is 0 Å². The number of esters is 1. The molecule has 0 aliphatic heterocycles. The second-order valence-electron chi connectivity index (χ2n) is 4.77. The van der Waals surface area contributed by atoms with Crippen molar-refractivity contribution in [2.45, 2.75) is 12.8 Å². The van der Waals surface area contributed by atoms with E-state index in [-0.39, 0.29) is 18.4 Å². The van der Waals surface area contributed by atoms with Gasteiger partial charge in [0, 0.05) is 5.92 Å². The third-order valence-corrected chi connectivity index (χ3v) is 3.24. The Morgan fingerprint density at radius 2 is 1.74 bits per heavy atom. The highest BCUT2D eigenvalue weighted by Gasteiger charge is 2.13. The molecule has 0 fully saturated rings. The second-order valence-corrected chi connectivity index (χ2v) is 4.77. The maximum Gasteiger partial charge on any atom is 0.341 e. The Hall–Kier alpha value is -3.13. The molecule has 116 valence electrons. The summed E-state index contributed by atoms with van der Waals surface area (Å²) in [5.74, 6) is -0.707. The van der Waals surface area contributed by atoms with Crippen LogP contribution in [0.1, 0.15) is 28.8 Å². The molecule has 1 atom stereocenters. The van der Waals surface area contributed by atoms with Crippen LogP contribution in [0.3, 0.4) is 0 Å². The zero-order valence-corrected chi connectivity index (χ0v) is 12.7. The quantitative estimate of drug-likeness (QED) is 0.269. The van der Waals surface area contributed by atoms with Crippen LogP contribution in [0, 0.1) is 11.3 Å². The van der Waals surface area contributed by atoms with Crippen LogP contribution in [0.5, 0.6) is 0 Å². The lowest BCUT2D eigenvalue weighted by Gasteiger charge is -2.09. The van der Waals surface area contributed by atoms with E-state index < -0.39 is 5.97 Å². The number of carbonyl (C=O) groups excluding carboxylic acids is 1. The number of nitrogens with zero attached hydrogens (tertiary/aromatic N) is 2. The van der Waals surface area contributed by atoms with Crippen molar-refractivity contribution < 1.29 is 14.4 Å². The van der Waals surface area contributed by atoms with Gasteiger partial charge in [-0.3, -0.25) is 0 Å². The number of hydrogen-bond donors (Lipinski definition) is 0. The molecule has 23 heavy (non-hydrogen) atoms. The fourth-order valence-electron chi connectivity index (χ4n) is 1.93. The monoisotopic (exact) mass is 308 g/mol. The molecule has 1 unspecified atom stereocenters. The molecule has 0 amide bonds. The molecule has 2 rings (SSSR count). The van der Waals surface area contributed by atoms with Gasteiger partial charge in [-0.05, 0) is 17.7 Å². The van der Waals surface area contributed by atoms with Crippen molar-refractivity contribution in [3.05, 3.63) is 71.8 Å². The Morgan fingerprint density at radius 1 is 1.13 bits per heavy atom. The molecule has 0 bridgehead atoms. The van der Waals surface area contributed by atoms with E-state index in [1.807, 2.05) is 49.4 Å². The molecule has 0 heterocycles. The zero-order valence-electron chi connectivity index (χ0n) is 12.7. The van der Waals surface area contributed by atoms with E-state index in [0.717, 1.165) is 5.56 Å². The Morgan fingerprint density at radius 3 is 2.35 bits per heavy atom. The predicted octanol–water partition coefficient (Wildman–Crippen LogP) is 3.50. The van der Waals surface area contributed by atoms with E-state index in [2.05, 4.69) is 5.16 Å². The average Bonchev–Trinajstić information content (AvgIpc) is 2.62. The van der Waals surface area contributed by atoms with Gasteiger partial charge < -0.3 is 9.57 Å². The number of nitriles is 1. The summed E-state index contributed by atoms with van der Waals surface area (Å²) in [5.41, 5.74) is 1.60. The summed E-state index contributed by atoms with van der Waals surface area (Å²) < 4.78 is 4.93. The molecule has 0 aromatic heterocycles. The summed E-state index contributed by atoms with van der Waals surface area (Å²) in [6.07, 6.45) is 0. The molecular weight excluding hydrogens is 292 g/mol. The van der Waals surface area contributed by atoms with Gasteiger partial charge in [0.15, 0.2) is 5.71 Å². The molecule has 5 heteroatoms. The van der Waals surface area contributed by atoms with Crippen molar-refractivity contribution in [2.24, 2.45) is 5.16 Å². The van der Waals surface area contributed by atoms with Gasteiger partial charge in [0.2, 0.25) is 0 Å². The van der Waals surface area contributed by atoms with Crippen LogP contribution < -0.4 is 0 Å². The normalized spacial score (nSPS) is 12.1. The SMILES string of the molecule is CC(/C(C#N)=N/OCOC(=O)c1ccccc1)c1ccccc1. The molecule has 0 saturated heterocycles. The summed E-state index contributed by atoms with van der Waals surface area (Å²) in [6.45, 7) is 1.51. The van der Waals surface area contributed by atoms with Crippen LogP contribution in [0.25, 0.3) is 0 Å². The molecule has 0 aliphatic carbocycles. The van der Waals surface area contributed by atoms with Crippen molar-refractivity contribution in [3.63, 3.8) is 0 Å². The van der Waals surface area contributed by atoms with Gasteiger partial charge in [-0.1, -0.05) is 60.6 Å². The van der Waals surface area contributed by atoms with E-state index in [0.29, 0.717) is 5.56 Å². The highest BCUT2D eigenvalue weighted by Crippen LogP contribution is 2.16. The van der Waals surface area contributed by atoms with Crippen LogP contribution >= 0.6 is 0 Å². The Balaban J connectivity index is 1.88. The van der Waals surface area contributed by atoms with Gasteiger partial charge in [0.1, 0.15) is 6.07 Å². The van der Waals surface area contributed by atoms with Crippen LogP contribution in [0.2, 0.25) is 0 Å². The summed E-state index contributed by atoms with van der Waals surface area (Å²) >= 11 is 0.